The number of nitrogens with zero attached hydrogens (tertiary/aromatic N) is 5. The maximum Gasteiger partial charge on any atom is 0.274 e. The molecule has 3 aliphatic rings. The standard InChI is InChI=1S/C27H37N5O3/c1-17-8-11-28-25(20(17)4)21-9-12-30(13-10-21)24(33)16-32-23-7-5-6-22(23)26(29-32)27(34)31-14-18(2)35-19(3)15-31/h8,11,18-19,21H,5-7,9-10,12-16H2,1-4H3/t18-,19+. The molecule has 2 aliphatic heterocycles. The molecule has 2 atom stereocenters. The van der Waals surface area contributed by atoms with Crippen molar-refractivity contribution in [2.75, 3.05) is 26.2 Å². The summed E-state index contributed by atoms with van der Waals surface area (Å²) in [6.45, 7) is 11.1. The molecule has 4 heterocycles. The molecular formula is C27H37N5O3. The van der Waals surface area contributed by atoms with Crippen LogP contribution in [0.15, 0.2) is 12.3 Å². The van der Waals surface area contributed by atoms with Crippen molar-refractivity contribution in [3.63, 3.8) is 0 Å². The smallest absolute Gasteiger partial charge is 0.274 e. The molecule has 0 saturated carbocycles. The lowest BCUT2D eigenvalue weighted by Crippen LogP contribution is -2.48. The SMILES string of the molecule is Cc1ccnc(C2CCN(C(=O)Cn3nc(C(=O)N4C[C@@H](C)O[C@@H](C)C4)c4c3CCC4)CC2)c1C. The highest BCUT2D eigenvalue weighted by molar-refractivity contribution is 5.94. The van der Waals surface area contributed by atoms with Crippen molar-refractivity contribution < 1.29 is 14.3 Å². The Labute approximate surface area is 207 Å². The van der Waals surface area contributed by atoms with Crippen LogP contribution < -0.4 is 0 Å². The Morgan fingerprint density at radius 3 is 2.49 bits per heavy atom. The third kappa shape index (κ3) is 4.73. The van der Waals surface area contributed by atoms with Gasteiger partial charge in [0, 0.05) is 55.2 Å². The van der Waals surface area contributed by atoms with Crippen LogP contribution in [0.3, 0.4) is 0 Å². The first-order chi connectivity index (χ1) is 16.8. The second kappa shape index (κ2) is 9.72. The van der Waals surface area contributed by atoms with Crippen LogP contribution in [-0.4, -0.2) is 74.8 Å². The van der Waals surface area contributed by atoms with Crippen molar-refractivity contribution in [3.05, 3.63) is 46.0 Å². The topological polar surface area (TPSA) is 80.6 Å². The van der Waals surface area contributed by atoms with E-state index in [0.717, 1.165) is 56.5 Å². The monoisotopic (exact) mass is 479 g/mol. The molecule has 188 valence electrons. The molecule has 5 rings (SSSR count). The van der Waals surface area contributed by atoms with Crippen molar-refractivity contribution in [3.8, 4) is 0 Å². The molecule has 2 saturated heterocycles. The summed E-state index contributed by atoms with van der Waals surface area (Å²) >= 11 is 0. The number of morpholine rings is 1. The van der Waals surface area contributed by atoms with Crippen LogP contribution in [0.25, 0.3) is 0 Å². The van der Waals surface area contributed by atoms with Crippen molar-refractivity contribution >= 4 is 11.8 Å². The van der Waals surface area contributed by atoms with E-state index in [2.05, 4.69) is 24.9 Å². The molecule has 0 unspecified atom stereocenters. The van der Waals surface area contributed by atoms with E-state index in [-0.39, 0.29) is 30.6 Å². The van der Waals surface area contributed by atoms with Gasteiger partial charge in [-0.1, -0.05) is 0 Å². The lowest BCUT2D eigenvalue weighted by molar-refractivity contribution is -0.133. The zero-order valence-corrected chi connectivity index (χ0v) is 21.4. The van der Waals surface area contributed by atoms with E-state index >= 15 is 0 Å². The fraction of sp³-hybridized carbons (Fsp3) is 0.630. The molecule has 0 spiro atoms. The normalized spacial score (nSPS) is 23.0. The summed E-state index contributed by atoms with van der Waals surface area (Å²) in [4.78, 5) is 35.1. The number of amides is 2. The van der Waals surface area contributed by atoms with E-state index in [1.165, 1.54) is 16.8 Å². The molecule has 35 heavy (non-hydrogen) atoms. The highest BCUT2D eigenvalue weighted by Gasteiger charge is 2.34. The third-order valence-corrected chi connectivity index (χ3v) is 7.95. The maximum absolute atomic E-state index is 13.4. The summed E-state index contributed by atoms with van der Waals surface area (Å²) in [5, 5.41) is 4.70. The summed E-state index contributed by atoms with van der Waals surface area (Å²) in [6.07, 6.45) is 6.51. The van der Waals surface area contributed by atoms with E-state index in [1.54, 1.807) is 0 Å². The first-order valence-electron chi connectivity index (χ1n) is 13.0. The summed E-state index contributed by atoms with van der Waals surface area (Å²) in [5.74, 6) is 0.454. The molecule has 2 fully saturated rings. The second-order valence-corrected chi connectivity index (χ2v) is 10.5. The average molecular weight is 480 g/mol. The van der Waals surface area contributed by atoms with Crippen LogP contribution >= 0.6 is 0 Å². The predicted octanol–water partition coefficient (Wildman–Crippen LogP) is 3.04. The minimum atomic E-state index is -0.0295. The number of hydrogen-bond acceptors (Lipinski definition) is 5. The molecule has 8 heteroatoms. The number of carbonyl (C=O) groups excluding carboxylic acids is 2. The maximum atomic E-state index is 13.4. The van der Waals surface area contributed by atoms with E-state index in [1.807, 2.05) is 34.5 Å². The van der Waals surface area contributed by atoms with Gasteiger partial charge >= 0.3 is 0 Å². The van der Waals surface area contributed by atoms with Gasteiger partial charge in [-0.3, -0.25) is 19.3 Å². The quantitative estimate of drug-likeness (QED) is 0.673. The highest BCUT2D eigenvalue weighted by atomic mass is 16.5. The second-order valence-electron chi connectivity index (χ2n) is 10.5. The summed E-state index contributed by atoms with van der Waals surface area (Å²) in [5.41, 5.74) is 6.35. The Morgan fingerprint density at radius 2 is 1.77 bits per heavy atom. The predicted molar refractivity (Wildman–Crippen MR) is 132 cm³/mol. The lowest BCUT2D eigenvalue weighted by atomic mass is 9.89. The Morgan fingerprint density at radius 1 is 1.06 bits per heavy atom. The fourth-order valence-electron chi connectivity index (χ4n) is 6.00. The highest BCUT2D eigenvalue weighted by Crippen LogP contribution is 2.31. The zero-order chi connectivity index (χ0) is 24.7. The minimum absolute atomic E-state index is 0.0149. The number of pyridine rings is 1. The molecule has 1 aliphatic carbocycles. The Bertz CT molecular complexity index is 1110. The first kappa shape index (κ1) is 24.0. The van der Waals surface area contributed by atoms with Crippen molar-refractivity contribution in [2.45, 2.75) is 84.5 Å². The molecule has 2 aromatic rings. The number of fused-ring (bicyclic) bond motifs is 1. The molecule has 0 aromatic carbocycles. The molecule has 8 nitrogen and oxygen atoms in total. The van der Waals surface area contributed by atoms with E-state index in [0.29, 0.717) is 24.7 Å². The minimum Gasteiger partial charge on any atom is -0.372 e. The molecule has 0 bridgehead atoms. The lowest BCUT2D eigenvalue weighted by Gasteiger charge is -2.35. The van der Waals surface area contributed by atoms with Crippen LogP contribution in [0.1, 0.15) is 77.6 Å². The first-order valence-corrected chi connectivity index (χ1v) is 13.0. The van der Waals surface area contributed by atoms with Crippen molar-refractivity contribution in [1.82, 2.24) is 24.6 Å². The van der Waals surface area contributed by atoms with Gasteiger partial charge in [-0.15, -0.1) is 0 Å². The van der Waals surface area contributed by atoms with Gasteiger partial charge in [0.1, 0.15) is 6.54 Å². The third-order valence-electron chi connectivity index (χ3n) is 7.95. The van der Waals surface area contributed by atoms with E-state index in [4.69, 9.17) is 9.84 Å². The van der Waals surface area contributed by atoms with Gasteiger partial charge in [-0.2, -0.15) is 5.10 Å². The van der Waals surface area contributed by atoms with Gasteiger partial charge in [0.15, 0.2) is 5.69 Å². The Hall–Kier alpha value is -2.74. The van der Waals surface area contributed by atoms with Gasteiger partial charge in [-0.05, 0) is 77.0 Å². The summed E-state index contributed by atoms with van der Waals surface area (Å²) in [7, 11) is 0. The van der Waals surface area contributed by atoms with Crippen LogP contribution in [0.4, 0.5) is 0 Å². The van der Waals surface area contributed by atoms with Crippen LogP contribution in [0.5, 0.6) is 0 Å². The van der Waals surface area contributed by atoms with Gasteiger partial charge in [0.2, 0.25) is 5.91 Å². The summed E-state index contributed by atoms with van der Waals surface area (Å²) < 4.78 is 7.60. The molecule has 0 N–H and O–H groups in total. The zero-order valence-electron chi connectivity index (χ0n) is 21.4. The number of likely N-dealkylation sites (tertiary alicyclic amines) is 1. The average Bonchev–Trinajstić information content (AvgIpc) is 3.44. The van der Waals surface area contributed by atoms with Crippen molar-refractivity contribution in [2.24, 2.45) is 0 Å². The number of aryl methyl sites for hydroxylation is 1. The largest absolute Gasteiger partial charge is 0.372 e. The van der Waals surface area contributed by atoms with Crippen LogP contribution in [-0.2, 0) is 28.9 Å². The number of carbonyl (C=O) groups is 2. The Balaban J connectivity index is 1.26. The number of hydrogen-bond donors (Lipinski definition) is 0. The fourth-order valence-corrected chi connectivity index (χ4v) is 6.00. The van der Waals surface area contributed by atoms with Gasteiger partial charge in [-0.25, -0.2) is 0 Å². The van der Waals surface area contributed by atoms with Crippen molar-refractivity contribution in [1.29, 1.82) is 0 Å². The molecule has 0 radical (unpaired) electrons. The molecular weight excluding hydrogens is 442 g/mol. The molecule has 2 amide bonds. The van der Waals surface area contributed by atoms with E-state index < -0.39 is 0 Å². The van der Waals surface area contributed by atoms with Gasteiger partial charge in [0.05, 0.1) is 12.2 Å². The van der Waals surface area contributed by atoms with Gasteiger partial charge < -0.3 is 14.5 Å². The number of aromatic nitrogens is 3. The van der Waals surface area contributed by atoms with Crippen LogP contribution in [0, 0.1) is 13.8 Å². The van der Waals surface area contributed by atoms with Crippen LogP contribution in [0.2, 0.25) is 0 Å². The van der Waals surface area contributed by atoms with E-state index in [9.17, 15) is 9.59 Å². The number of piperidine rings is 1. The molecule has 2 aromatic heterocycles. The summed E-state index contributed by atoms with van der Waals surface area (Å²) in [6, 6.07) is 2.05. The number of rotatable bonds is 4. The Kier molecular flexibility index (Phi) is 6.66. The number of ether oxygens (including phenoxy) is 1. The van der Waals surface area contributed by atoms with Gasteiger partial charge in [0.25, 0.3) is 5.91 Å².